The summed E-state index contributed by atoms with van der Waals surface area (Å²) in [7, 11) is -3.08. The molecule has 18 heavy (non-hydrogen) atoms. The van der Waals surface area contributed by atoms with Gasteiger partial charge in [-0.2, -0.15) is 0 Å². The summed E-state index contributed by atoms with van der Waals surface area (Å²) in [6, 6.07) is 7.24. The third-order valence-electron chi connectivity index (χ3n) is 2.23. The number of hydrogen-bond acceptors (Lipinski definition) is 4. The van der Waals surface area contributed by atoms with Crippen LogP contribution in [0.5, 0.6) is 0 Å². The van der Waals surface area contributed by atoms with Gasteiger partial charge in [0.15, 0.2) is 9.84 Å². The maximum Gasteiger partial charge on any atom is 0.187 e. The molecule has 3 nitrogen and oxygen atoms in total. The number of thiophene rings is 1. The second kappa shape index (κ2) is 6.66. The van der Waals surface area contributed by atoms with Crippen LogP contribution < -0.4 is 0 Å². The van der Waals surface area contributed by atoms with E-state index in [4.69, 9.17) is 0 Å². The summed E-state index contributed by atoms with van der Waals surface area (Å²) in [6.07, 6.45) is 3.39. The molecule has 5 heteroatoms. The SMILES string of the molecule is CC.CCS(=O)(=O)c1ccc(-c2ccncc2)s1. The molecule has 0 fully saturated rings. The van der Waals surface area contributed by atoms with Gasteiger partial charge in [-0.25, -0.2) is 8.42 Å². The number of aromatic nitrogens is 1. The van der Waals surface area contributed by atoms with E-state index < -0.39 is 9.84 Å². The van der Waals surface area contributed by atoms with Crippen LogP contribution >= 0.6 is 11.3 Å². The fourth-order valence-electron chi connectivity index (χ4n) is 1.30. The van der Waals surface area contributed by atoms with Crippen LogP contribution in [0.2, 0.25) is 0 Å². The van der Waals surface area contributed by atoms with Gasteiger partial charge in [-0.05, 0) is 29.8 Å². The second-order valence-corrected chi connectivity index (χ2v) is 6.85. The van der Waals surface area contributed by atoms with E-state index in [9.17, 15) is 8.42 Å². The van der Waals surface area contributed by atoms with Crippen molar-refractivity contribution in [2.45, 2.75) is 25.0 Å². The van der Waals surface area contributed by atoms with Crippen molar-refractivity contribution in [3.8, 4) is 10.4 Å². The van der Waals surface area contributed by atoms with E-state index in [0.29, 0.717) is 4.21 Å². The molecule has 0 aliphatic heterocycles. The molecular weight excluding hydrogens is 266 g/mol. The van der Waals surface area contributed by atoms with Crippen LogP contribution in [0.25, 0.3) is 10.4 Å². The van der Waals surface area contributed by atoms with Gasteiger partial charge in [0.2, 0.25) is 0 Å². The van der Waals surface area contributed by atoms with Crippen LogP contribution in [0.15, 0.2) is 40.9 Å². The summed E-state index contributed by atoms with van der Waals surface area (Å²) in [5.41, 5.74) is 0.998. The second-order valence-electron chi connectivity index (χ2n) is 3.26. The number of nitrogens with zero attached hydrogens (tertiary/aromatic N) is 1. The lowest BCUT2D eigenvalue weighted by molar-refractivity contribution is 0.599. The molecule has 0 unspecified atom stereocenters. The topological polar surface area (TPSA) is 47.0 Å². The Labute approximate surface area is 112 Å². The molecule has 2 heterocycles. The van der Waals surface area contributed by atoms with Gasteiger partial charge in [0.25, 0.3) is 0 Å². The zero-order valence-electron chi connectivity index (χ0n) is 10.8. The highest BCUT2D eigenvalue weighted by Crippen LogP contribution is 2.30. The van der Waals surface area contributed by atoms with Crippen molar-refractivity contribution in [3.63, 3.8) is 0 Å². The van der Waals surface area contributed by atoms with Crippen molar-refractivity contribution < 1.29 is 8.42 Å². The smallest absolute Gasteiger partial charge is 0.187 e. The first-order chi connectivity index (χ1) is 8.63. The molecule has 0 atom stereocenters. The van der Waals surface area contributed by atoms with E-state index in [1.807, 2.05) is 32.0 Å². The third-order valence-corrected chi connectivity index (χ3v) is 5.68. The molecule has 0 saturated carbocycles. The van der Waals surface area contributed by atoms with Crippen molar-refractivity contribution in [1.82, 2.24) is 4.98 Å². The maximum absolute atomic E-state index is 11.6. The summed E-state index contributed by atoms with van der Waals surface area (Å²) in [4.78, 5) is 4.88. The normalized spacial score (nSPS) is 10.6. The fraction of sp³-hybridized carbons (Fsp3) is 0.308. The monoisotopic (exact) mass is 283 g/mol. The fourth-order valence-corrected chi connectivity index (χ4v) is 3.73. The minimum atomic E-state index is -3.08. The average molecular weight is 283 g/mol. The lowest BCUT2D eigenvalue weighted by Crippen LogP contribution is -2.00. The highest BCUT2D eigenvalue weighted by Gasteiger charge is 2.14. The van der Waals surface area contributed by atoms with Gasteiger partial charge < -0.3 is 0 Å². The van der Waals surface area contributed by atoms with Crippen LogP contribution in [0.4, 0.5) is 0 Å². The molecule has 0 aliphatic rings. The van der Waals surface area contributed by atoms with Crippen LogP contribution in [0, 0.1) is 0 Å². The molecule has 2 aromatic rings. The molecule has 0 spiro atoms. The lowest BCUT2D eigenvalue weighted by atomic mass is 10.2. The molecule has 0 bridgehead atoms. The number of pyridine rings is 1. The Morgan fingerprint density at radius 1 is 1.11 bits per heavy atom. The van der Waals surface area contributed by atoms with Crippen LogP contribution in [-0.2, 0) is 9.84 Å². The van der Waals surface area contributed by atoms with Gasteiger partial charge >= 0.3 is 0 Å². The van der Waals surface area contributed by atoms with Gasteiger partial charge in [-0.15, -0.1) is 11.3 Å². The van der Waals surface area contributed by atoms with Gasteiger partial charge in [0, 0.05) is 17.3 Å². The van der Waals surface area contributed by atoms with E-state index in [2.05, 4.69) is 4.98 Å². The van der Waals surface area contributed by atoms with Crippen molar-refractivity contribution in [2.24, 2.45) is 0 Å². The molecule has 98 valence electrons. The van der Waals surface area contributed by atoms with Crippen LogP contribution in [0.1, 0.15) is 20.8 Å². The summed E-state index contributed by atoms with van der Waals surface area (Å²) in [5.74, 6) is 0.142. The molecule has 0 saturated heterocycles. The molecule has 0 N–H and O–H groups in total. The minimum Gasteiger partial charge on any atom is -0.265 e. The average Bonchev–Trinajstić information content (AvgIpc) is 2.92. The largest absolute Gasteiger partial charge is 0.265 e. The predicted octanol–water partition coefficient (Wildman–Crippen LogP) is 3.63. The van der Waals surface area contributed by atoms with E-state index >= 15 is 0 Å². The summed E-state index contributed by atoms with van der Waals surface area (Å²) in [5, 5.41) is 0. The first-order valence-corrected chi connectivity index (χ1v) is 8.33. The minimum absolute atomic E-state index is 0.142. The van der Waals surface area contributed by atoms with E-state index in [0.717, 1.165) is 10.4 Å². The molecule has 0 aromatic carbocycles. The molecule has 0 amide bonds. The van der Waals surface area contributed by atoms with Crippen LogP contribution in [0.3, 0.4) is 0 Å². The zero-order chi connectivity index (χ0) is 13.6. The van der Waals surface area contributed by atoms with Crippen molar-refractivity contribution in [2.75, 3.05) is 5.75 Å². The number of rotatable bonds is 3. The highest BCUT2D eigenvalue weighted by atomic mass is 32.2. The Morgan fingerprint density at radius 2 is 1.72 bits per heavy atom. The quantitative estimate of drug-likeness (QED) is 0.864. The van der Waals surface area contributed by atoms with E-state index in [1.54, 1.807) is 25.4 Å². The Hall–Kier alpha value is -1.20. The van der Waals surface area contributed by atoms with Crippen molar-refractivity contribution in [1.29, 1.82) is 0 Å². The lowest BCUT2D eigenvalue weighted by Gasteiger charge is -1.96. The standard InChI is InChI=1S/C11H11NO2S2.C2H6/c1-2-16(13,14)11-4-3-10(15-11)9-5-7-12-8-6-9;1-2/h3-8H,2H2,1H3;1-2H3. The predicted molar refractivity (Wildman–Crippen MR) is 76.6 cm³/mol. The Kier molecular flexibility index (Phi) is 5.50. The van der Waals surface area contributed by atoms with Gasteiger partial charge in [-0.3, -0.25) is 4.98 Å². The molecular formula is C13H17NO2S2. The molecule has 2 aromatic heterocycles. The van der Waals surface area contributed by atoms with Crippen molar-refractivity contribution in [3.05, 3.63) is 36.7 Å². The molecule has 0 radical (unpaired) electrons. The number of hydrogen-bond donors (Lipinski definition) is 0. The Morgan fingerprint density at radius 3 is 2.28 bits per heavy atom. The maximum atomic E-state index is 11.6. The Bertz CT molecular complexity index is 574. The first-order valence-electron chi connectivity index (χ1n) is 5.86. The first kappa shape index (κ1) is 14.9. The summed E-state index contributed by atoms with van der Waals surface area (Å²) < 4.78 is 23.7. The van der Waals surface area contributed by atoms with Crippen molar-refractivity contribution >= 4 is 21.2 Å². The molecule has 0 aliphatic carbocycles. The highest BCUT2D eigenvalue weighted by molar-refractivity contribution is 7.93. The van der Waals surface area contributed by atoms with Gasteiger partial charge in [-0.1, -0.05) is 20.8 Å². The van der Waals surface area contributed by atoms with Gasteiger partial charge in [0.05, 0.1) is 5.75 Å². The van der Waals surface area contributed by atoms with Gasteiger partial charge in [0.1, 0.15) is 4.21 Å². The Balaban J connectivity index is 0.000000771. The number of sulfone groups is 1. The zero-order valence-corrected chi connectivity index (χ0v) is 12.4. The third kappa shape index (κ3) is 3.40. The molecule has 2 rings (SSSR count). The van der Waals surface area contributed by atoms with Crippen LogP contribution in [-0.4, -0.2) is 19.2 Å². The van der Waals surface area contributed by atoms with E-state index in [-0.39, 0.29) is 5.75 Å². The summed E-state index contributed by atoms with van der Waals surface area (Å²) >= 11 is 1.30. The summed E-state index contributed by atoms with van der Waals surface area (Å²) in [6.45, 7) is 5.65. The van der Waals surface area contributed by atoms with E-state index in [1.165, 1.54) is 11.3 Å².